The topological polar surface area (TPSA) is 106 Å². The zero-order chi connectivity index (χ0) is 22.5. The molecule has 0 bridgehead atoms. The zero-order valence-corrected chi connectivity index (χ0v) is 18.0. The number of anilines is 5. The molecule has 2 heterocycles. The summed E-state index contributed by atoms with van der Waals surface area (Å²) in [5, 5.41) is 11.1. The summed E-state index contributed by atoms with van der Waals surface area (Å²) in [4.78, 5) is 13.3. The van der Waals surface area contributed by atoms with Crippen LogP contribution in [0.5, 0.6) is 11.5 Å². The van der Waals surface area contributed by atoms with E-state index in [2.05, 4.69) is 36.1 Å². The van der Waals surface area contributed by atoms with Crippen LogP contribution >= 0.6 is 11.6 Å². The molecule has 0 radical (unpaired) electrons. The molecule has 0 fully saturated rings. The summed E-state index contributed by atoms with van der Waals surface area (Å²) in [6, 6.07) is 22.7. The van der Waals surface area contributed by atoms with Crippen molar-refractivity contribution in [3.05, 3.63) is 83.4 Å². The van der Waals surface area contributed by atoms with Gasteiger partial charge in [0.2, 0.25) is 24.6 Å². The van der Waals surface area contributed by atoms with Crippen molar-refractivity contribution >= 4 is 47.0 Å². The number of ether oxygens (including phenoxy) is 2. The van der Waals surface area contributed by atoms with Crippen molar-refractivity contribution in [2.24, 2.45) is 5.10 Å². The van der Waals surface area contributed by atoms with Crippen LogP contribution in [0, 0.1) is 0 Å². The van der Waals surface area contributed by atoms with Crippen LogP contribution in [0.3, 0.4) is 0 Å². The Hall–Kier alpha value is -4.37. The standard InChI is InChI=1S/C23H18ClN7O2/c24-18-12-20-19(32-14-33-20)11-15(18)13-25-31-23-29-21(26-16-7-3-1-4-8-16)28-22(30-23)27-17-9-5-2-6-10-17/h1-13H,14H2,(H3,26,27,28,29,30,31)/b25-13+. The fourth-order valence-corrected chi connectivity index (χ4v) is 3.23. The van der Waals surface area contributed by atoms with Gasteiger partial charge in [0, 0.05) is 23.0 Å². The van der Waals surface area contributed by atoms with Crippen molar-refractivity contribution in [1.29, 1.82) is 0 Å². The predicted octanol–water partition coefficient (Wildman–Crippen LogP) is 5.19. The number of fused-ring (bicyclic) bond motifs is 1. The van der Waals surface area contributed by atoms with E-state index in [0.29, 0.717) is 34.0 Å². The van der Waals surface area contributed by atoms with Gasteiger partial charge in [-0.15, -0.1) is 0 Å². The number of hydrogen-bond donors (Lipinski definition) is 3. The van der Waals surface area contributed by atoms with E-state index in [1.807, 2.05) is 60.7 Å². The minimum absolute atomic E-state index is 0.170. The van der Waals surface area contributed by atoms with Crippen molar-refractivity contribution in [1.82, 2.24) is 15.0 Å². The molecular formula is C23H18ClN7O2. The molecule has 0 atom stereocenters. The highest BCUT2D eigenvalue weighted by molar-refractivity contribution is 6.33. The monoisotopic (exact) mass is 459 g/mol. The lowest BCUT2D eigenvalue weighted by Crippen LogP contribution is -2.07. The normalized spacial score (nSPS) is 12.0. The SMILES string of the molecule is Clc1cc2c(cc1/C=N/Nc1nc(Nc3ccccc3)nc(Nc3ccccc3)n1)OCO2. The van der Waals surface area contributed by atoms with E-state index in [4.69, 9.17) is 21.1 Å². The quantitative estimate of drug-likeness (QED) is 0.256. The van der Waals surface area contributed by atoms with E-state index < -0.39 is 0 Å². The van der Waals surface area contributed by atoms with Gasteiger partial charge in [0.05, 0.1) is 11.2 Å². The van der Waals surface area contributed by atoms with Gasteiger partial charge in [-0.1, -0.05) is 48.0 Å². The molecule has 0 saturated heterocycles. The third-order valence-corrected chi connectivity index (χ3v) is 4.88. The highest BCUT2D eigenvalue weighted by Gasteiger charge is 2.15. The lowest BCUT2D eigenvalue weighted by atomic mass is 10.2. The molecule has 1 aliphatic heterocycles. The number of benzene rings is 3. The molecule has 33 heavy (non-hydrogen) atoms. The van der Waals surface area contributed by atoms with Crippen molar-refractivity contribution in [2.75, 3.05) is 22.9 Å². The van der Waals surface area contributed by atoms with Gasteiger partial charge in [-0.05, 0) is 30.3 Å². The lowest BCUT2D eigenvalue weighted by molar-refractivity contribution is 0.174. The van der Waals surface area contributed by atoms with E-state index in [0.717, 1.165) is 11.4 Å². The van der Waals surface area contributed by atoms with Crippen LogP contribution in [0.15, 0.2) is 77.9 Å². The summed E-state index contributed by atoms with van der Waals surface area (Å²) < 4.78 is 10.7. The Bertz CT molecular complexity index is 1230. The van der Waals surface area contributed by atoms with Gasteiger partial charge in [0.25, 0.3) is 0 Å². The van der Waals surface area contributed by atoms with Gasteiger partial charge >= 0.3 is 0 Å². The molecule has 0 spiro atoms. The fraction of sp³-hybridized carbons (Fsp3) is 0.0435. The third-order valence-electron chi connectivity index (χ3n) is 4.56. The van der Waals surface area contributed by atoms with Gasteiger partial charge in [-0.3, -0.25) is 0 Å². The van der Waals surface area contributed by atoms with Crippen LogP contribution in [-0.4, -0.2) is 28.0 Å². The summed E-state index contributed by atoms with van der Waals surface area (Å²) in [5.41, 5.74) is 5.18. The first-order chi connectivity index (χ1) is 16.2. The average molecular weight is 460 g/mol. The van der Waals surface area contributed by atoms with E-state index in [1.165, 1.54) is 0 Å². The summed E-state index contributed by atoms with van der Waals surface area (Å²) in [6.07, 6.45) is 1.56. The second-order valence-electron chi connectivity index (χ2n) is 6.89. The summed E-state index contributed by atoms with van der Waals surface area (Å²) in [6.45, 7) is 0.170. The van der Waals surface area contributed by atoms with Gasteiger partial charge < -0.3 is 20.1 Å². The van der Waals surface area contributed by atoms with E-state index in [1.54, 1.807) is 18.3 Å². The second-order valence-corrected chi connectivity index (χ2v) is 7.29. The molecule has 3 N–H and O–H groups in total. The highest BCUT2D eigenvalue weighted by Crippen LogP contribution is 2.36. The van der Waals surface area contributed by atoms with Gasteiger partial charge in [-0.2, -0.15) is 20.1 Å². The Morgan fingerprint density at radius 2 is 1.30 bits per heavy atom. The molecule has 0 aliphatic carbocycles. The van der Waals surface area contributed by atoms with Crippen LogP contribution in [-0.2, 0) is 0 Å². The van der Waals surface area contributed by atoms with Gasteiger partial charge in [0.15, 0.2) is 11.5 Å². The zero-order valence-electron chi connectivity index (χ0n) is 17.2. The van der Waals surface area contributed by atoms with Crippen molar-refractivity contribution < 1.29 is 9.47 Å². The van der Waals surface area contributed by atoms with Crippen LogP contribution in [0.1, 0.15) is 5.56 Å². The minimum Gasteiger partial charge on any atom is -0.454 e. The number of para-hydroxylation sites is 2. The third kappa shape index (κ3) is 5.10. The van der Waals surface area contributed by atoms with Gasteiger partial charge in [0.1, 0.15) is 0 Å². The molecule has 1 aliphatic rings. The Morgan fingerprint density at radius 3 is 1.91 bits per heavy atom. The molecule has 5 rings (SSSR count). The molecule has 0 unspecified atom stereocenters. The largest absolute Gasteiger partial charge is 0.454 e. The van der Waals surface area contributed by atoms with Crippen molar-refractivity contribution in [3.63, 3.8) is 0 Å². The van der Waals surface area contributed by atoms with Crippen LogP contribution in [0.25, 0.3) is 0 Å². The lowest BCUT2D eigenvalue weighted by Gasteiger charge is -2.10. The van der Waals surface area contributed by atoms with Crippen LogP contribution in [0.2, 0.25) is 5.02 Å². The maximum absolute atomic E-state index is 6.30. The Labute approximate surface area is 194 Å². The number of aromatic nitrogens is 3. The first-order valence-corrected chi connectivity index (χ1v) is 10.4. The van der Waals surface area contributed by atoms with Crippen LogP contribution in [0.4, 0.5) is 29.2 Å². The second kappa shape index (κ2) is 9.41. The smallest absolute Gasteiger partial charge is 0.250 e. The molecule has 164 valence electrons. The number of nitrogens with zero attached hydrogens (tertiary/aromatic N) is 4. The molecule has 10 heteroatoms. The summed E-state index contributed by atoms with van der Waals surface area (Å²) >= 11 is 6.30. The maximum atomic E-state index is 6.30. The van der Waals surface area contributed by atoms with E-state index >= 15 is 0 Å². The molecule has 1 aromatic heterocycles. The molecule has 0 saturated carbocycles. The fourth-order valence-electron chi connectivity index (χ4n) is 3.03. The van der Waals surface area contributed by atoms with Crippen molar-refractivity contribution in [3.8, 4) is 11.5 Å². The minimum atomic E-state index is 0.170. The summed E-state index contributed by atoms with van der Waals surface area (Å²) in [7, 11) is 0. The Balaban J connectivity index is 1.39. The maximum Gasteiger partial charge on any atom is 0.250 e. The first kappa shape index (κ1) is 20.5. The highest BCUT2D eigenvalue weighted by atomic mass is 35.5. The number of hydrogen-bond acceptors (Lipinski definition) is 9. The number of rotatable bonds is 7. The number of nitrogens with one attached hydrogen (secondary N) is 3. The average Bonchev–Trinajstić information content (AvgIpc) is 3.27. The predicted molar refractivity (Wildman–Crippen MR) is 128 cm³/mol. The summed E-state index contributed by atoms with van der Waals surface area (Å²) in [5.74, 6) is 2.18. The van der Waals surface area contributed by atoms with Crippen molar-refractivity contribution in [2.45, 2.75) is 0 Å². The molecule has 4 aromatic rings. The number of halogens is 1. The molecular weight excluding hydrogens is 442 g/mol. The Morgan fingerprint density at radius 1 is 0.758 bits per heavy atom. The number of hydrazone groups is 1. The Kier molecular flexibility index (Phi) is 5.85. The van der Waals surface area contributed by atoms with Crippen LogP contribution < -0.4 is 25.5 Å². The molecule has 3 aromatic carbocycles. The van der Waals surface area contributed by atoms with E-state index in [9.17, 15) is 0 Å². The van der Waals surface area contributed by atoms with Gasteiger partial charge in [-0.25, -0.2) is 5.43 Å². The van der Waals surface area contributed by atoms with E-state index in [-0.39, 0.29) is 12.7 Å². The molecule has 0 amide bonds. The first-order valence-electron chi connectivity index (χ1n) is 10.0. The molecule has 9 nitrogen and oxygen atoms in total.